The van der Waals surface area contributed by atoms with Crippen molar-refractivity contribution < 1.29 is 1.43 Å². The molecule has 0 saturated heterocycles. The SMILES string of the molecule is CCc1ccc(C2=CCCC3NCC(C)C=C23)cc1.[HH]. The number of hydrogen-bond acceptors (Lipinski definition) is 1. The lowest BCUT2D eigenvalue weighted by Crippen LogP contribution is -2.39. The number of hydrogen-bond donors (Lipinski definition) is 1. The van der Waals surface area contributed by atoms with Gasteiger partial charge in [-0.05, 0) is 47.5 Å². The molecule has 3 rings (SSSR count). The van der Waals surface area contributed by atoms with Crippen LogP contribution in [0.4, 0.5) is 0 Å². The van der Waals surface area contributed by atoms with Gasteiger partial charge < -0.3 is 5.32 Å². The highest BCUT2D eigenvalue weighted by molar-refractivity contribution is 5.81. The fourth-order valence-electron chi connectivity index (χ4n) is 3.17. The number of allylic oxidation sites excluding steroid dienone is 1. The maximum atomic E-state index is 3.68. The Balaban J connectivity index is 0.00000147. The van der Waals surface area contributed by atoms with E-state index in [0.717, 1.165) is 13.0 Å². The first-order chi connectivity index (χ1) is 9.28. The first kappa shape index (κ1) is 12.7. The maximum Gasteiger partial charge on any atom is 0.0326 e. The molecule has 1 N–H and O–H groups in total. The fraction of sp³-hybridized carbons (Fsp3) is 0.444. The van der Waals surface area contributed by atoms with Crippen molar-refractivity contribution in [2.75, 3.05) is 6.54 Å². The molecule has 0 fully saturated rings. The van der Waals surface area contributed by atoms with Crippen LogP contribution in [-0.2, 0) is 6.42 Å². The van der Waals surface area contributed by atoms with Crippen molar-refractivity contribution in [2.24, 2.45) is 5.92 Å². The van der Waals surface area contributed by atoms with E-state index in [1.54, 1.807) is 0 Å². The zero-order valence-electron chi connectivity index (χ0n) is 11.9. The Bertz CT molecular complexity index is 513. The second-order valence-electron chi connectivity index (χ2n) is 5.81. The smallest absolute Gasteiger partial charge is 0.0326 e. The van der Waals surface area contributed by atoms with Crippen molar-refractivity contribution in [1.29, 1.82) is 0 Å². The Labute approximate surface area is 117 Å². The predicted octanol–water partition coefficient (Wildman–Crippen LogP) is 4.21. The third-order valence-electron chi connectivity index (χ3n) is 4.31. The summed E-state index contributed by atoms with van der Waals surface area (Å²) in [4.78, 5) is 0. The normalized spacial score (nSPS) is 26.4. The van der Waals surface area contributed by atoms with E-state index in [0.29, 0.717) is 12.0 Å². The minimum absolute atomic E-state index is 0. The molecule has 1 aliphatic heterocycles. The summed E-state index contributed by atoms with van der Waals surface area (Å²) in [5.74, 6) is 0.641. The van der Waals surface area contributed by atoms with Gasteiger partial charge in [0.1, 0.15) is 0 Å². The van der Waals surface area contributed by atoms with Crippen molar-refractivity contribution in [1.82, 2.24) is 5.32 Å². The van der Waals surface area contributed by atoms with Gasteiger partial charge in [0.25, 0.3) is 0 Å². The first-order valence-corrected chi connectivity index (χ1v) is 7.53. The molecule has 102 valence electrons. The maximum absolute atomic E-state index is 3.68. The number of aryl methyl sites for hydroxylation is 1. The Morgan fingerprint density at radius 2 is 2.05 bits per heavy atom. The lowest BCUT2D eigenvalue weighted by molar-refractivity contribution is 0.471. The number of nitrogens with one attached hydrogen (secondary N) is 1. The summed E-state index contributed by atoms with van der Waals surface area (Å²) < 4.78 is 0. The Morgan fingerprint density at radius 3 is 2.79 bits per heavy atom. The molecule has 0 aromatic heterocycles. The zero-order chi connectivity index (χ0) is 13.2. The molecule has 1 aliphatic carbocycles. The third kappa shape index (κ3) is 2.52. The van der Waals surface area contributed by atoms with Gasteiger partial charge >= 0.3 is 0 Å². The molecule has 0 spiro atoms. The van der Waals surface area contributed by atoms with E-state index >= 15 is 0 Å². The van der Waals surface area contributed by atoms with Crippen LogP contribution in [-0.4, -0.2) is 12.6 Å². The van der Waals surface area contributed by atoms with Crippen LogP contribution in [0.5, 0.6) is 0 Å². The average molecular weight is 255 g/mol. The summed E-state index contributed by atoms with van der Waals surface area (Å²) in [5, 5.41) is 3.68. The Hall–Kier alpha value is -1.34. The van der Waals surface area contributed by atoms with Crippen LogP contribution in [0.15, 0.2) is 42.0 Å². The molecule has 1 heterocycles. The molecule has 1 aromatic carbocycles. The van der Waals surface area contributed by atoms with Gasteiger partial charge in [0.05, 0.1) is 0 Å². The number of rotatable bonds is 2. The van der Waals surface area contributed by atoms with Crippen LogP contribution in [0, 0.1) is 5.92 Å². The van der Waals surface area contributed by atoms with Crippen molar-refractivity contribution in [3.8, 4) is 0 Å². The molecule has 2 unspecified atom stereocenters. The molecule has 0 radical (unpaired) electrons. The predicted molar refractivity (Wildman–Crippen MR) is 84.2 cm³/mol. The van der Waals surface area contributed by atoms with Crippen molar-refractivity contribution >= 4 is 5.57 Å². The second-order valence-corrected chi connectivity index (χ2v) is 5.81. The standard InChI is InChI=1S/C18H23N.H2/c1-3-14-7-9-15(10-8-14)16-5-4-6-18-17(16)11-13(2)12-19-18;/h5,7-11,13,18-19H,3-4,6,12H2,1-2H3;1H. The lowest BCUT2D eigenvalue weighted by atomic mass is 9.81. The van der Waals surface area contributed by atoms with Crippen LogP contribution < -0.4 is 5.32 Å². The van der Waals surface area contributed by atoms with Crippen LogP contribution >= 0.6 is 0 Å². The lowest BCUT2D eigenvalue weighted by Gasteiger charge is -2.33. The molecule has 1 aromatic rings. The van der Waals surface area contributed by atoms with Crippen molar-refractivity contribution in [3.63, 3.8) is 0 Å². The molecule has 0 saturated carbocycles. The van der Waals surface area contributed by atoms with E-state index in [4.69, 9.17) is 0 Å². The molecular formula is C18H25N. The minimum atomic E-state index is 0. The van der Waals surface area contributed by atoms with E-state index in [1.807, 2.05) is 0 Å². The Morgan fingerprint density at radius 1 is 1.26 bits per heavy atom. The quantitative estimate of drug-likeness (QED) is 0.835. The van der Waals surface area contributed by atoms with E-state index in [2.05, 4.69) is 55.6 Å². The summed E-state index contributed by atoms with van der Waals surface area (Å²) in [6.45, 7) is 5.62. The minimum Gasteiger partial charge on any atom is -0.309 e. The Kier molecular flexibility index (Phi) is 3.56. The highest BCUT2D eigenvalue weighted by Crippen LogP contribution is 2.35. The third-order valence-corrected chi connectivity index (χ3v) is 4.31. The van der Waals surface area contributed by atoms with Gasteiger partial charge in [-0.15, -0.1) is 0 Å². The van der Waals surface area contributed by atoms with Crippen LogP contribution in [0.1, 0.15) is 39.2 Å². The van der Waals surface area contributed by atoms with E-state index in [9.17, 15) is 0 Å². The fourth-order valence-corrected chi connectivity index (χ4v) is 3.17. The van der Waals surface area contributed by atoms with E-state index in [-0.39, 0.29) is 1.43 Å². The number of benzene rings is 1. The topological polar surface area (TPSA) is 12.0 Å². The van der Waals surface area contributed by atoms with Gasteiger partial charge in [0.2, 0.25) is 0 Å². The molecular weight excluding hydrogens is 230 g/mol. The molecule has 1 nitrogen and oxygen atoms in total. The average Bonchev–Trinajstić information content (AvgIpc) is 2.47. The van der Waals surface area contributed by atoms with Gasteiger partial charge in [0, 0.05) is 14.0 Å². The molecule has 2 aliphatic rings. The summed E-state index contributed by atoms with van der Waals surface area (Å²) in [7, 11) is 0. The highest BCUT2D eigenvalue weighted by atomic mass is 14.9. The zero-order valence-corrected chi connectivity index (χ0v) is 11.9. The highest BCUT2D eigenvalue weighted by Gasteiger charge is 2.25. The van der Waals surface area contributed by atoms with Crippen molar-refractivity contribution in [2.45, 2.75) is 39.2 Å². The largest absolute Gasteiger partial charge is 0.309 e. The van der Waals surface area contributed by atoms with Crippen molar-refractivity contribution in [3.05, 3.63) is 53.1 Å². The molecule has 0 amide bonds. The molecule has 2 atom stereocenters. The van der Waals surface area contributed by atoms with Gasteiger partial charge in [-0.3, -0.25) is 0 Å². The van der Waals surface area contributed by atoms with Crippen LogP contribution in [0.3, 0.4) is 0 Å². The molecule has 0 bridgehead atoms. The summed E-state index contributed by atoms with van der Waals surface area (Å²) in [6.07, 6.45) is 8.44. The van der Waals surface area contributed by atoms with Crippen LogP contribution in [0.2, 0.25) is 0 Å². The van der Waals surface area contributed by atoms with E-state index < -0.39 is 0 Å². The first-order valence-electron chi connectivity index (χ1n) is 7.53. The number of fused-ring (bicyclic) bond motifs is 1. The summed E-state index contributed by atoms with van der Waals surface area (Å²) in [6, 6.07) is 9.67. The molecule has 19 heavy (non-hydrogen) atoms. The second kappa shape index (κ2) is 5.34. The van der Waals surface area contributed by atoms with E-state index in [1.165, 1.54) is 35.1 Å². The van der Waals surface area contributed by atoms with Gasteiger partial charge in [0.15, 0.2) is 0 Å². The monoisotopic (exact) mass is 255 g/mol. The summed E-state index contributed by atoms with van der Waals surface area (Å²) in [5.41, 5.74) is 5.78. The van der Waals surface area contributed by atoms with Crippen LogP contribution in [0.25, 0.3) is 5.57 Å². The van der Waals surface area contributed by atoms with Gasteiger partial charge in [-0.1, -0.05) is 50.3 Å². The summed E-state index contributed by atoms with van der Waals surface area (Å²) >= 11 is 0. The van der Waals surface area contributed by atoms with Gasteiger partial charge in [-0.25, -0.2) is 0 Å². The molecule has 1 heteroatoms. The van der Waals surface area contributed by atoms with Gasteiger partial charge in [-0.2, -0.15) is 0 Å².